The Kier molecular flexibility index (Phi) is 5.31. The van der Waals surface area contributed by atoms with Crippen LogP contribution in [0.4, 0.5) is 0 Å². The van der Waals surface area contributed by atoms with Crippen molar-refractivity contribution in [1.82, 2.24) is 19.9 Å². The van der Waals surface area contributed by atoms with Gasteiger partial charge in [0.25, 0.3) is 0 Å². The molecule has 0 spiro atoms. The van der Waals surface area contributed by atoms with Crippen molar-refractivity contribution in [1.29, 1.82) is 0 Å². The molecule has 3 aromatic rings. The van der Waals surface area contributed by atoms with E-state index in [0.29, 0.717) is 13.1 Å². The van der Waals surface area contributed by atoms with Crippen molar-refractivity contribution in [2.75, 3.05) is 13.1 Å². The van der Waals surface area contributed by atoms with Gasteiger partial charge in [-0.25, -0.2) is 4.68 Å². The number of carboxylic acid groups (broad SMARTS) is 1. The van der Waals surface area contributed by atoms with Crippen molar-refractivity contribution in [3.8, 4) is 22.7 Å². The maximum absolute atomic E-state index is 10.9. The van der Waals surface area contributed by atoms with E-state index in [1.165, 1.54) is 0 Å². The Hall–Kier alpha value is -3.19. The smallest absolute Gasteiger partial charge is 0.309 e. The molecule has 2 heterocycles. The standard InChI is InChI=1S/C22H24N4O3/c1-15(2)29-20-9-5-17(6-10-20)21-14-26(24-23-21)19-7-3-16(4-8-19)11-25-12-18(13-25)22(27)28/h3-10,14-15,18H,11-13H2,1-2H3,(H,27,28). The number of ether oxygens (including phenoxy) is 1. The number of nitrogens with zero attached hydrogens (tertiary/aromatic N) is 4. The van der Waals surface area contributed by atoms with Crippen LogP contribution in [0.2, 0.25) is 0 Å². The number of hydrogen-bond donors (Lipinski definition) is 1. The van der Waals surface area contributed by atoms with Gasteiger partial charge in [-0.2, -0.15) is 0 Å². The lowest BCUT2D eigenvalue weighted by molar-refractivity contribution is -0.147. The Labute approximate surface area is 169 Å². The zero-order valence-corrected chi connectivity index (χ0v) is 16.5. The molecule has 1 aliphatic heterocycles. The maximum Gasteiger partial charge on any atom is 0.309 e. The second-order valence-corrected chi connectivity index (χ2v) is 7.64. The van der Waals surface area contributed by atoms with E-state index in [-0.39, 0.29) is 12.0 Å². The maximum atomic E-state index is 10.9. The van der Waals surface area contributed by atoms with Gasteiger partial charge >= 0.3 is 5.97 Å². The molecule has 0 bridgehead atoms. The van der Waals surface area contributed by atoms with E-state index in [9.17, 15) is 4.79 Å². The van der Waals surface area contributed by atoms with Crippen molar-refractivity contribution in [2.45, 2.75) is 26.5 Å². The largest absolute Gasteiger partial charge is 0.491 e. The first-order valence-corrected chi connectivity index (χ1v) is 9.72. The third kappa shape index (κ3) is 4.46. The van der Waals surface area contributed by atoms with Crippen LogP contribution < -0.4 is 4.74 Å². The van der Waals surface area contributed by atoms with Gasteiger partial charge in [-0.1, -0.05) is 17.3 Å². The molecule has 4 rings (SSSR count). The molecule has 0 saturated carbocycles. The summed E-state index contributed by atoms with van der Waals surface area (Å²) in [5, 5.41) is 17.5. The van der Waals surface area contributed by atoms with Crippen molar-refractivity contribution in [3.63, 3.8) is 0 Å². The Balaban J connectivity index is 1.39. The molecule has 7 heteroatoms. The summed E-state index contributed by atoms with van der Waals surface area (Å²) in [6, 6.07) is 15.9. The van der Waals surface area contributed by atoms with E-state index in [2.05, 4.69) is 15.2 Å². The van der Waals surface area contributed by atoms with E-state index < -0.39 is 5.97 Å². The van der Waals surface area contributed by atoms with Crippen LogP contribution in [0.25, 0.3) is 16.9 Å². The molecule has 1 aromatic heterocycles. The van der Waals surface area contributed by atoms with Gasteiger partial charge in [0.1, 0.15) is 11.4 Å². The van der Waals surface area contributed by atoms with Crippen molar-refractivity contribution in [3.05, 3.63) is 60.3 Å². The van der Waals surface area contributed by atoms with E-state index in [1.807, 2.05) is 68.6 Å². The number of carboxylic acids is 1. The molecule has 2 aromatic carbocycles. The lowest BCUT2D eigenvalue weighted by Crippen LogP contribution is -2.49. The van der Waals surface area contributed by atoms with Gasteiger partial charge in [0, 0.05) is 25.2 Å². The number of aromatic nitrogens is 3. The highest BCUT2D eigenvalue weighted by atomic mass is 16.5. The first kappa shape index (κ1) is 19.1. The first-order chi connectivity index (χ1) is 14.0. The molecule has 7 nitrogen and oxygen atoms in total. The summed E-state index contributed by atoms with van der Waals surface area (Å²) in [5.74, 6) is -0.0990. The number of carbonyl (C=O) groups is 1. The number of hydrogen-bond acceptors (Lipinski definition) is 5. The van der Waals surface area contributed by atoms with Gasteiger partial charge in [0.2, 0.25) is 0 Å². The molecule has 0 amide bonds. The van der Waals surface area contributed by atoms with E-state index in [4.69, 9.17) is 9.84 Å². The van der Waals surface area contributed by atoms with Crippen LogP contribution in [0, 0.1) is 5.92 Å². The normalized spacial score (nSPS) is 14.7. The second kappa shape index (κ2) is 8.05. The third-order valence-electron chi connectivity index (χ3n) is 4.93. The highest BCUT2D eigenvalue weighted by molar-refractivity contribution is 5.71. The highest BCUT2D eigenvalue weighted by Crippen LogP contribution is 2.23. The summed E-state index contributed by atoms with van der Waals surface area (Å²) in [6.07, 6.45) is 2.05. The fraction of sp³-hybridized carbons (Fsp3) is 0.318. The predicted molar refractivity (Wildman–Crippen MR) is 109 cm³/mol. The summed E-state index contributed by atoms with van der Waals surface area (Å²) in [7, 11) is 0. The average Bonchev–Trinajstić information content (AvgIpc) is 3.15. The number of benzene rings is 2. The molecule has 0 aliphatic carbocycles. The van der Waals surface area contributed by atoms with Gasteiger partial charge in [0.15, 0.2) is 0 Å². The van der Waals surface area contributed by atoms with Gasteiger partial charge in [-0.05, 0) is 55.8 Å². The minimum Gasteiger partial charge on any atom is -0.491 e. The number of likely N-dealkylation sites (tertiary alicyclic amines) is 1. The fourth-order valence-corrected chi connectivity index (χ4v) is 3.37. The first-order valence-electron chi connectivity index (χ1n) is 9.72. The second-order valence-electron chi connectivity index (χ2n) is 7.64. The topological polar surface area (TPSA) is 80.5 Å². The molecule has 1 saturated heterocycles. The SMILES string of the molecule is CC(C)Oc1ccc(-c2cn(-c3ccc(CN4CC(C(=O)O)C4)cc3)nn2)cc1. The van der Waals surface area contributed by atoms with Crippen LogP contribution in [0.3, 0.4) is 0 Å². The van der Waals surface area contributed by atoms with Gasteiger partial charge < -0.3 is 9.84 Å². The molecule has 150 valence electrons. The van der Waals surface area contributed by atoms with Gasteiger partial charge in [0.05, 0.1) is 23.9 Å². The van der Waals surface area contributed by atoms with E-state index >= 15 is 0 Å². The average molecular weight is 392 g/mol. The molecule has 0 atom stereocenters. The molecular formula is C22H24N4O3. The zero-order valence-electron chi connectivity index (χ0n) is 16.5. The van der Waals surface area contributed by atoms with Gasteiger partial charge in [-0.3, -0.25) is 9.69 Å². The Morgan fingerprint density at radius 2 is 1.83 bits per heavy atom. The van der Waals surface area contributed by atoms with Crippen LogP contribution in [-0.4, -0.2) is 50.2 Å². The minimum atomic E-state index is -0.708. The zero-order chi connectivity index (χ0) is 20.4. The van der Waals surface area contributed by atoms with Crippen LogP contribution in [-0.2, 0) is 11.3 Å². The third-order valence-corrected chi connectivity index (χ3v) is 4.93. The van der Waals surface area contributed by atoms with Crippen LogP contribution >= 0.6 is 0 Å². The molecule has 1 fully saturated rings. The Morgan fingerprint density at radius 1 is 1.14 bits per heavy atom. The van der Waals surface area contributed by atoms with Crippen LogP contribution in [0.1, 0.15) is 19.4 Å². The molecular weight excluding hydrogens is 368 g/mol. The fourth-order valence-electron chi connectivity index (χ4n) is 3.37. The Bertz CT molecular complexity index is 974. The van der Waals surface area contributed by atoms with Crippen LogP contribution in [0.5, 0.6) is 5.75 Å². The molecule has 0 unspecified atom stereocenters. The molecule has 29 heavy (non-hydrogen) atoms. The van der Waals surface area contributed by atoms with Crippen LogP contribution in [0.15, 0.2) is 54.7 Å². The van der Waals surface area contributed by atoms with E-state index in [1.54, 1.807) is 4.68 Å². The van der Waals surface area contributed by atoms with E-state index in [0.717, 1.165) is 34.8 Å². The number of aliphatic carboxylic acids is 1. The summed E-state index contributed by atoms with van der Waals surface area (Å²) in [4.78, 5) is 13.0. The molecule has 1 aliphatic rings. The summed E-state index contributed by atoms with van der Waals surface area (Å²) >= 11 is 0. The molecule has 1 N–H and O–H groups in total. The predicted octanol–water partition coefficient (Wildman–Crippen LogP) is 3.24. The van der Waals surface area contributed by atoms with Crippen molar-refractivity contribution < 1.29 is 14.6 Å². The monoisotopic (exact) mass is 392 g/mol. The quantitative estimate of drug-likeness (QED) is 0.665. The van der Waals surface area contributed by atoms with Crippen molar-refractivity contribution in [2.24, 2.45) is 5.92 Å². The lowest BCUT2D eigenvalue weighted by atomic mass is 9.99. The Morgan fingerprint density at radius 3 is 2.45 bits per heavy atom. The van der Waals surface area contributed by atoms with Crippen molar-refractivity contribution >= 4 is 5.97 Å². The summed E-state index contributed by atoms with van der Waals surface area (Å²) in [6.45, 7) is 5.99. The van der Waals surface area contributed by atoms with Gasteiger partial charge in [-0.15, -0.1) is 5.10 Å². The molecule has 0 radical (unpaired) electrons. The highest BCUT2D eigenvalue weighted by Gasteiger charge is 2.32. The number of rotatable bonds is 7. The summed E-state index contributed by atoms with van der Waals surface area (Å²) in [5.41, 5.74) is 3.86. The lowest BCUT2D eigenvalue weighted by Gasteiger charge is -2.36. The minimum absolute atomic E-state index is 0.143. The summed E-state index contributed by atoms with van der Waals surface area (Å²) < 4.78 is 7.43.